The molecule has 0 radical (unpaired) electrons. The first kappa shape index (κ1) is 21.7. The van der Waals surface area contributed by atoms with Gasteiger partial charge in [-0.2, -0.15) is 0 Å². The van der Waals surface area contributed by atoms with Crippen molar-refractivity contribution in [3.63, 3.8) is 0 Å². The van der Waals surface area contributed by atoms with Crippen molar-refractivity contribution >= 4 is 17.1 Å². The van der Waals surface area contributed by atoms with Crippen LogP contribution in [0, 0.1) is 0 Å². The topological polar surface area (TPSA) is 136 Å². The van der Waals surface area contributed by atoms with Crippen molar-refractivity contribution in [3.8, 4) is 0 Å². The van der Waals surface area contributed by atoms with Crippen LogP contribution in [0.15, 0.2) is 20.2 Å². The van der Waals surface area contributed by atoms with Gasteiger partial charge in [0.15, 0.2) is 5.52 Å². The summed E-state index contributed by atoms with van der Waals surface area (Å²) in [5, 5.41) is 13.3. The fourth-order valence-electron chi connectivity index (χ4n) is 5.82. The monoisotopic (exact) mass is 455 g/mol. The minimum atomic E-state index is -1.11. The molecule has 0 atom stereocenters. The SMILES string of the molecule is CCCn1c(=O)c2nc(C34CCC(c5cc(C(=O)O)on5)(CC3)CC4)[nH]c2n(CCC)c1=O. The molecular formula is C23H29N5O5. The number of fused-ring (bicyclic) bond motifs is 4. The lowest BCUT2D eigenvalue weighted by Gasteiger charge is -2.51. The third-order valence-electron chi connectivity index (χ3n) is 7.77. The van der Waals surface area contributed by atoms with E-state index in [1.807, 2.05) is 13.8 Å². The third-order valence-corrected chi connectivity index (χ3v) is 7.77. The molecule has 10 heteroatoms. The van der Waals surface area contributed by atoms with Gasteiger partial charge in [0, 0.05) is 30.0 Å². The Kier molecular flexibility index (Phi) is 5.06. The van der Waals surface area contributed by atoms with Crippen molar-refractivity contribution < 1.29 is 14.4 Å². The highest BCUT2D eigenvalue weighted by atomic mass is 16.5. The number of aromatic amines is 1. The normalized spacial score (nSPS) is 24.5. The summed E-state index contributed by atoms with van der Waals surface area (Å²) in [6, 6.07) is 1.56. The van der Waals surface area contributed by atoms with Crippen molar-refractivity contribution in [2.45, 2.75) is 89.1 Å². The summed E-state index contributed by atoms with van der Waals surface area (Å²) in [5.41, 5.74) is 0.609. The Balaban J connectivity index is 1.52. The predicted molar refractivity (Wildman–Crippen MR) is 120 cm³/mol. The Morgan fingerprint density at radius 1 is 1.06 bits per heavy atom. The van der Waals surface area contributed by atoms with Gasteiger partial charge >= 0.3 is 11.7 Å². The van der Waals surface area contributed by atoms with Gasteiger partial charge in [-0.1, -0.05) is 19.0 Å². The average Bonchev–Trinajstić information content (AvgIpc) is 3.50. The van der Waals surface area contributed by atoms with E-state index in [1.165, 1.54) is 4.57 Å². The standard InChI is InChI=1S/C23H29N5O5/c1-3-11-27-17-16(18(29)28(12-4-2)21(27)32)24-20(25-17)23-8-5-22(6-9-23,7-10-23)15-13-14(19(30)31)33-26-15/h13H,3-12H2,1-2H3,(H,24,25)(H,30,31). The number of nitrogens with zero attached hydrogens (tertiary/aromatic N) is 4. The van der Waals surface area contributed by atoms with Crippen molar-refractivity contribution in [3.05, 3.63) is 44.2 Å². The molecule has 176 valence electrons. The molecule has 3 saturated carbocycles. The lowest BCUT2D eigenvalue weighted by Crippen LogP contribution is -2.47. The van der Waals surface area contributed by atoms with Crippen LogP contribution in [0.4, 0.5) is 0 Å². The first-order valence-corrected chi connectivity index (χ1v) is 11.8. The van der Waals surface area contributed by atoms with Gasteiger partial charge in [0.2, 0.25) is 5.76 Å². The summed E-state index contributed by atoms with van der Waals surface area (Å²) in [6.07, 6.45) is 6.56. The molecule has 3 aromatic heterocycles. The summed E-state index contributed by atoms with van der Waals surface area (Å²) in [5.74, 6) is -0.454. The van der Waals surface area contributed by atoms with Crippen LogP contribution in [0.1, 0.15) is 87.3 Å². The number of hydrogen-bond donors (Lipinski definition) is 2. The van der Waals surface area contributed by atoms with E-state index in [-0.39, 0.29) is 27.8 Å². The van der Waals surface area contributed by atoms with Gasteiger partial charge in [-0.25, -0.2) is 14.6 Å². The number of aromatic nitrogens is 5. The molecule has 6 rings (SSSR count). The molecule has 3 aromatic rings. The van der Waals surface area contributed by atoms with E-state index in [4.69, 9.17) is 9.51 Å². The van der Waals surface area contributed by atoms with Crippen molar-refractivity contribution in [2.24, 2.45) is 0 Å². The quantitative estimate of drug-likeness (QED) is 0.559. The van der Waals surface area contributed by atoms with Crippen LogP contribution in [-0.4, -0.2) is 35.3 Å². The van der Waals surface area contributed by atoms with E-state index >= 15 is 0 Å². The molecule has 2 N–H and O–H groups in total. The van der Waals surface area contributed by atoms with Gasteiger partial charge in [-0.3, -0.25) is 13.9 Å². The Labute approximate surface area is 189 Å². The Morgan fingerprint density at radius 3 is 2.24 bits per heavy atom. The number of aromatic carboxylic acids is 1. The highest BCUT2D eigenvalue weighted by Gasteiger charge is 2.53. The molecule has 0 aliphatic heterocycles. The molecule has 0 unspecified atom stereocenters. The molecule has 3 heterocycles. The molecular weight excluding hydrogens is 426 g/mol. The van der Waals surface area contributed by atoms with Crippen LogP contribution in [0.25, 0.3) is 11.2 Å². The van der Waals surface area contributed by atoms with Crippen LogP contribution in [0.5, 0.6) is 0 Å². The molecule has 0 aromatic carbocycles. The summed E-state index contributed by atoms with van der Waals surface area (Å²) in [6.45, 7) is 4.85. The lowest BCUT2D eigenvalue weighted by molar-refractivity contribution is 0.0650. The fourth-order valence-corrected chi connectivity index (χ4v) is 5.82. The third kappa shape index (κ3) is 3.18. The summed E-state index contributed by atoms with van der Waals surface area (Å²) in [4.78, 5) is 45.5. The second kappa shape index (κ2) is 7.71. The van der Waals surface area contributed by atoms with Crippen molar-refractivity contribution in [1.82, 2.24) is 24.3 Å². The molecule has 10 nitrogen and oxygen atoms in total. The number of imidazole rings is 1. The number of H-pyrrole nitrogens is 1. The predicted octanol–water partition coefficient (Wildman–Crippen LogP) is 2.94. The Bertz CT molecular complexity index is 1320. The van der Waals surface area contributed by atoms with Crippen LogP contribution in [-0.2, 0) is 23.9 Å². The number of nitrogens with one attached hydrogen (secondary N) is 1. The second-order valence-electron chi connectivity index (χ2n) is 9.62. The van der Waals surface area contributed by atoms with E-state index < -0.39 is 5.97 Å². The summed E-state index contributed by atoms with van der Waals surface area (Å²) >= 11 is 0. The number of rotatable bonds is 7. The number of carboxylic acid groups (broad SMARTS) is 1. The van der Waals surface area contributed by atoms with E-state index in [0.29, 0.717) is 30.7 Å². The zero-order valence-corrected chi connectivity index (χ0v) is 19.0. The highest BCUT2D eigenvalue weighted by molar-refractivity contribution is 5.84. The first-order chi connectivity index (χ1) is 15.8. The van der Waals surface area contributed by atoms with Gasteiger partial charge in [-0.15, -0.1) is 0 Å². The first-order valence-electron chi connectivity index (χ1n) is 11.8. The number of carbonyl (C=O) groups is 1. The van der Waals surface area contributed by atoms with Crippen LogP contribution < -0.4 is 11.2 Å². The van der Waals surface area contributed by atoms with E-state index in [2.05, 4.69) is 10.1 Å². The maximum absolute atomic E-state index is 13.1. The Hall–Kier alpha value is -3.17. The van der Waals surface area contributed by atoms with Gasteiger partial charge in [0.05, 0.1) is 5.69 Å². The molecule has 3 fully saturated rings. The maximum Gasteiger partial charge on any atom is 0.374 e. The molecule has 0 spiro atoms. The molecule has 33 heavy (non-hydrogen) atoms. The largest absolute Gasteiger partial charge is 0.475 e. The highest BCUT2D eigenvalue weighted by Crippen LogP contribution is 2.57. The van der Waals surface area contributed by atoms with Crippen LogP contribution in [0.3, 0.4) is 0 Å². The van der Waals surface area contributed by atoms with E-state index in [0.717, 1.165) is 56.5 Å². The maximum atomic E-state index is 13.1. The molecule has 3 aliphatic rings. The van der Waals surface area contributed by atoms with Gasteiger partial charge in [0.1, 0.15) is 11.5 Å². The molecule has 0 amide bonds. The van der Waals surface area contributed by atoms with E-state index in [9.17, 15) is 19.5 Å². The number of hydrogen-bond acceptors (Lipinski definition) is 6. The van der Waals surface area contributed by atoms with Gasteiger partial charge in [0.25, 0.3) is 5.56 Å². The minimum Gasteiger partial charge on any atom is -0.475 e. The smallest absolute Gasteiger partial charge is 0.374 e. The van der Waals surface area contributed by atoms with Gasteiger partial charge in [-0.05, 0) is 51.4 Å². The summed E-state index contributed by atoms with van der Waals surface area (Å²) < 4.78 is 7.98. The molecule has 0 saturated heterocycles. The fraction of sp³-hybridized carbons (Fsp3) is 0.609. The molecule has 2 bridgehead atoms. The van der Waals surface area contributed by atoms with E-state index in [1.54, 1.807) is 10.6 Å². The Morgan fingerprint density at radius 2 is 1.67 bits per heavy atom. The molecule has 3 aliphatic carbocycles. The number of carboxylic acids is 1. The van der Waals surface area contributed by atoms with Crippen molar-refractivity contribution in [1.29, 1.82) is 0 Å². The van der Waals surface area contributed by atoms with Crippen LogP contribution in [0.2, 0.25) is 0 Å². The van der Waals surface area contributed by atoms with Crippen LogP contribution >= 0.6 is 0 Å². The average molecular weight is 456 g/mol. The van der Waals surface area contributed by atoms with Crippen molar-refractivity contribution in [2.75, 3.05) is 0 Å². The zero-order valence-electron chi connectivity index (χ0n) is 19.0. The minimum absolute atomic E-state index is 0.128. The second-order valence-corrected chi connectivity index (χ2v) is 9.62. The van der Waals surface area contributed by atoms with Gasteiger partial charge < -0.3 is 14.6 Å². The lowest BCUT2D eigenvalue weighted by atomic mass is 9.52. The zero-order chi connectivity index (χ0) is 23.4. The summed E-state index contributed by atoms with van der Waals surface area (Å²) in [7, 11) is 0. The number of aryl methyl sites for hydroxylation is 1.